The highest BCUT2D eigenvalue weighted by Gasteiger charge is 2.18. The van der Waals surface area contributed by atoms with E-state index in [4.69, 9.17) is 0 Å². The number of rotatable bonds is 5. The summed E-state index contributed by atoms with van der Waals surface area (Å²) >= 11 is 0. The minimum atomic E-state index is -1.01. The summed E-state index contributed by atoms with van der Waals surface area (Å²) in [5.74, 6) is -0.123. The number of halogens is 1. The molecule has 1 aliphatic heterocycles. The Hall–Kier alpha value is -1.46. The SMILES string of the molecule is O=C(CC1CCNCC1)NC[C@H](O)c1ccccc1F. The van der Waals surface area contributed by atoms with Crippen molar-refractivity contribution < 1.29 is 14.3 Å². The summed E-state index contributed by atoms with van der Waals surface area (Å²) in [6.45, 7) is 1.95. The van der Waals surface area contributed by atoms with E-state index in [1.165, 1.54) is 12.1 Å². The van der Waals surface area contributed by atoms with Gasteiger partial charge in [-0.1, -0.05) is 18.2 Å². The van der Waals surface area contributed by atoms with Crippen LogP contribution in [0.5, 0.6) is 0 Å². The van der Waals surface area contributed by atoms with Gasteiger partial charge in [0.25, 0.3) is 0 Å². The number of nitrogens with one attached hydrogen (secondary N) is 2. The first-order valence-corrected chi connectivity index (χ1v) is 7.06. The molecule has 2 rings (SSSR count). The van der Waals surface area contributed by atoms with Gasteiger partial charge in [-0.3, -0.25) is 4.79 Å². The van der Waals surface area contributed by atoms with Crippen molar-refractivity contribution in [3.63, 3.8) is 0 Å². The molecule has 1 aliphatic rings. The van der Waals surface area contributed by atoms with Crippen molar-refractivity contribution in [3.8, 4) is 0 Å². The second kappa shape index (κ2) is 7.36. The molecule has 0 unspecified atom stereocenters. The Labute approximate surface area is 118 Å². The molecule has 110 valence electrons. The van der Waals surface area contributed by atoms with Gasteiger partial charge in [0.05, 0.1) is 6.10 Å². The summed E-state index contributed by atoms with van der Waals surface area (Å²) in [5, 5.41) is 15.8. The number of piperidine rings is 1. The van der Waals surface area contributed by atoms with Crippen LogP contribution in [0.3, 0.4) is 0 Å². The third-order valence-corrected chi connectivity index (χ3v) is 3.69. The van der Waals surface area contributed by atoms with Crippen LogP contribution >= 0.6 is 0 Å². The van der Waals surface area contributed by atoms with Crippen LogP contribution in [0.2, 0.25) is 0 Å². The van der Waals surface area contributed by atoms with Crippen molar-refractivity contribution in [1.82, 2.24) is 10.6 Å². The number of aliphatic hydroxyl groups is 1. The van der Waals surface area contributed by atoms with E-state index >= 15 is 0 Å². The van der Waals surface area contributed by atoms with E-state index in [1.807, 2.05) is 0 Å². The van der Waals surface area contributed by atoms with E-state index in [1.54, 1.807) is 12.1 Å². The van der Waals surface area contributed by atoms with E-state index in [0.717, 1.165) is 25.9 Å². The van der Waals surface area contributed by atoms with Crippen LogP contribution in [0, 0.1) is 11.7 Å². The summed E-state index contributed by atoms with van der Waals surface area (Å²) in [4.78, 5) is 11.8. The van der Waals surface area contributed by atoms with Crippen LogP contribution in [0.15, 0.2) is 24.3 Å². The molecule has 1 heterocycles. The first-order chi connectivity index (χ1) is 9.66. The van der Waals surface area contributed by atoms with Gasteiger partial charge < -0.3 is 15.7 Å². The van der Waals surface area contributed by atoms with Crippen molar-refractivity contribution in [2.75, 3.05) is 19.6 Å². The predicted octanol–water partition coefficient (Wildman–Crippen LogP) is 1.36. The summed E-state index contributed by atoms with van der Waals surface area (Å²) in [6.07, 6.45) is 1.48. The average molecular weight is 280 g/mol. The lowest BCUT2D eigenvalue weighted by atomic mass is 9.94. The normalized spacial score (nSPS) is 17.7. The largest absolute Gasteiger partial charge is 0.386 e. The molecule has 1 aromatic carbocycles. The minimum absolute atomic E-state index is 0.0464. The van der Waals surface area contributed by atoms with E-state index in [0.29, 0.717) is 12.3 Å². The number of hydrogen-bond donors (Lipinski definition) is 3. The average Bonchev–Trinajstić information content (AvgIpc) is 2.46. The highest BCUT2D eigenvalue weighted by Crippen LogP contribution is 2.17. The first kappa shape index (κ1) is 14.9. The van der Waals surface area contributed by atoms with Gasteiger partial charge >= 0.3 is 0 Å². The minimum Gasteiger partial charge on any atom is -0.386 e. The van der Waals surface area contributed by atoms with Crippen molar-refractivity contribution in [1.29, 1.82) is 0 Å². The predicted molar refractivity (Wildman–Crippen MR) is 74.6 cm³/mol. The Morgan fingerprint density at radius 3 is 2.80 bits per heavy atom. The maximum atomic E-state index is 13.5. The monoisotopic (exact) mass is 280 g/mol. The summed E-state index contributed by atoms with van der Waals surface area (Å²) in [5.41, 5.74) is 0.217. The van der Waals surface area contributed by atoms with Gasteiger partial charge in [-0.25, -0.2) is 4.39 Å². The van der Waals surface area contributed by atoms with Gasteiger partial charge in [-0.05, 0) is 37.9 Å². The zero-order valence-corrected chi connectivity index (χ0v) is 11.4. The molecule has 1 amide bonds. The molecule has 0 aromatic heterocycles. The third-order valence-electron chi connectivity index (χ3n) is 3.69. The standard InChI is InChI=1S/C15H21FN2O2/c16-13-4-2-1-3-12(13)14(19)10-18-15(20)9-11-5-7-17-8-6-11/h1-4,11,14,17,19H,5-10H2,(H,18,20)/t14-/m0/s1. The molecule has 3 N–H and O–H groups in total. The number of carbonyl (C=O) groups excluding carboxylic acids is 1. The highest BCUT2D eigenvalue weighted by atomic mass is 19.1. The number of aliphatic hydroxyl groups excluding tert-OH is 1. The van der Waals surface area contributed by atoms with Crippen LogP contribution in [0.4, 0.5) is 4.39 Å². The number of carbonyl (C=O) groups is 1. The molecule has 4 nitrogen and oxygen atoms in total. The molecule has 1 atom stereocenters. The lowest BCUT2D eigenvalue weighted by Gasteiger charge is -2.22. The van der Waals surface area contributed by atoms with Gasteiger partial charge in [-0.2, -0.15) is 0 Å². The van der Waals surface area contributed by atoms with Gasteiger partial charge in [-0.15, -0.1) is 0 Å². The van der Waals surface area contributed by atoms with Crippen molar-refractivity contribution in [2.24, 2.45) is 5.92 Å². The second-order valence-electron chi connectivity index (χ2n) is 5.24. The maximum absolute atomic E-state index is 13.5. The molecule has 20 heavy (non-hydrogen) atoms. The highest BCUT2D eigenvalue weighted by molar-refractivity contribution is 5.76. The van der Waals surface area contributed by atoms with Crippen LogP contribution in [0.25, 0.3) is 0 Å². The molecule has 0 aliphatic carbocycles. The van der Waals surface area contributed by atoms with E-state index in [-0.39, 0.29) is 18.0 Å². The summed E-state index contributed by atoms with van der Waals surface area (Å²) in [7, 11) is 0. The molecule has 0 saturated carbocycles. The van der Waals surface area contributed by atoms with Gasteiger partial charge in [0, 0.05) is 18.5 Å². The van der Waals surface area contributed by atoms with Crippen molar-refractivity contribution in [3.05, 3.63) is 35.6 Å². The van der Waals surface area contributed by atoms with Crippen molar-refractivity contribution in [2.45, 2.75) is 25.4 Å². The fraction of sp³-hybridized carbons (Fsp3) is 0.533. The fourth-order valence-corrected chi connectivity index (χ4v) is 2.49. The molecule has 1 saturated heterocycles. The van der Waals surface area contributed by atoms with Gasteiger partial charge in [0.2, 0.25) is 5.91 Å². The zero-order valence-electron chi connectivity index (χ0n) is 11.4. The molecule has 0 radical (unpaired) electrons. The molecule has 0 spiro atoms. The quantitative estimate of drug-likeness (QED) is 0.763. The van der Waals surface area contributed by atoms with Crippen LogP contribution in [-0.2, 0) is 4.79 Å². The lowest BCUT2D eigenvalue weighted by molar-refractivity contribution is -0.122. The summed E-state index contributed by atoms with van der Waals surface area (Å²) < 4.78 is 13.5. The van der Waals surface area contributed by atoms with Crippen LogP contribution in [0.1, 0.15) is 30.9 Å². The number of benzene rings is 1. The Morgan fingerprint density at radius 2 is 2.10 bits per heavy atom. The van der Waals surface area contributed by atoms with Crippen molar-refractivity contribution >= 4 is 5.91 Å². The third kappa shape index (κ3) is 4.28. The summed E-state index contributed by atoms with van der Waals surface area (Å²) in [6, 6.07) is 6.06. The molecule has 5 heteroatoms. The Bertz CT molecular complexity index is 447. The number of amides is 1. The first-order valence-electron chi connectivity index (χ1n) is 7.06. The topological polar surface area (TPSA) is 61.4 Å². The van der Waals surface area contributed by atoms with Gasteiger partial charge in [0.15, 0.2) is 0 Å². The van der Waals surface area contributed by atoms with Crippen LogP contribution < -0.4 is 10.6 Å². The van der Waals surface area contributed by atoms with E-state index in [2.05, 4.69) is 10.6 Å². The fourth-order valence-electron chi connectivity index (χ4n) is 2.49. The van der Waals surface area contributed by atoms with Gasteiger partial charge in [0.1, 0.15) is 5.82 Å². The molecule has 1 aromatic rings. The maximum Gasteiger partial charge on any atom is 0.220 e. The van der Waals surface area contributed by atoms with Crippen LogP contribution in [-0.4, -0.2) is 30.6 Å². The number of hydrogen-bond acceptors (Lipinski definition) is 3. The Kier molecular flexibility index (Phi) is 5.49. The molecule has 1 fully saturated rings. The molecular weight excluding hydrogens is 259 g/mol. The second-order valence-corrected chi connectivity index (χ2v) is 5.24. The van der Waals surface area contributed by atoms with E-state index < -0.39 is 11.9 Å². The van der Waals surface area contributed by atoms with E-state index in [9.17, 15) is 14.3 Å². The lowest BCUT2D eigenvalue weighted by Crippen LogP contribution is -2.34. The Morgan fingerprint density at radius 1 is 1.40 bits per heavy atom. The molecule has 0 bridgehead atoms. The molecular formula is C15H21FN2O2. The Balaban J connectivity index is 1.76. The zero-order chi connectivity index (χ0) is 14.4. The smallest absolute Gasteiger partial charge is 0.220 e.